The molecule has 0 unspecified atom stereocenters. The van der Waals surface area contributed by atoms with E-state index in [9.17, 15) is 0 Å². The molecule has 0 amide bonds. The summed E-state index contributed by atoms with van der Waals surface area (Å²) in [6.07, 6.45) is 7.91. The summed E-state index contributed by atoms with van der Waals surface area (Å²) in [6, 6.07) is 0. The topological polar surface area (TPSA) is 117 Å². The lowest BCUT2D eigenvalue weighted by atomic mass is 9.79. The van der Waals surface area contributed by atoms with Crippen LogP contribution in [0.15, 0.2) is 0 Å². The van der Waals surface area contributed by atoms with Crippen LogP contribution in [-0.4, -0.2) is 74.8 Å². The largest absolute Gasteiger partial charge is 0.473 e. The molecule has 26 heavy (non-hydrogen) atoms. The van der Waals surface area contributed by atoms with Crippen molar-refractivity contribution < 1.29 is 29.3 Å². The first-order valence-electron chi connectivity index (χ1n) is 9.50. The first-order valence-corrected chi connectivity index (χ1v) is 9.50. The number of carboxylic acid groups (broad SMARTS) is 2. The van der Waals surface area contributed by atoms with Crippen LogP contribution in [0.25, 0.3) is 0 Å². The number of nitrogens with one attached hydrogen (secondary N) is 2. The molecule has 8 nitrogen and oxygen atoms in total. The van der Waals surface area contributed by atoms with Crippen molar-refractivity contribution in [2.75, 3.05) is 52.6 Å². The van der Waals surface area contributed by atoms with E-state index >= 15 is 0 Å². The number of ether oxygens (including phenoxy) is 2. The minimum atomic E-state index is -1.82. The van der Waals surface area contributed by atoms with E-state index in [4.69, 9.17) is 29.3 Å². The maximum absolute atomic E-state index is 9.10. The van der Waals surface area contributed by atoms with Gasteiger partial charge in [0, 0.05) is 13.2 Å². The fourth-order valence-electron chi connectivity index (χ4n) is 4.00. The first-order chi connectivity index (χ1) is 12.5. The van der Waals surface area contributed by atoms with Gasteiger partial charge in [-0.3, -0.25) is 0 Å². The molecule has 150 valence electrons. The van der Waals surface area contributed by atoms with Gasteiger partial charge in [-0.15, -0.1) is 0 Å². The summed E-state index contributed by atoms with van der Waals surface area (Å²) >= 11 is 0. The molecule has 0 aromatic rings. The summed E-state index contributed by atoms with van der Waals surface area (Å²) < 4.78 is 10.8. The van der Waals surface area contributed by atoms with Gasteiger partial charge in [0.25, 0.3) is 0 Å². The van der Waals surface area contributed by atoms with Crippen molar-refractivity contribution in [1.29, 1.82) is 0 Å². The van der Waals surface area contributed by atoms with E-state index in [0.29, 0.717) is 10.8 Å². The highest BCUT2D eigenvalue weighted by atomic mass is 16.5. The van der Waals surface area contributed by atoms with Crippen LogP contribution in [0.2, 0.25) is 0 Å². The standard InChI is InChI=1S/2C8H15NO.C2H2O4/c2*1-4-9-5-2-8(1)3-6-10-7-8;3-1(4)2(5)6/h2*9H,1-7H2;(H,3,4)(H,5,6). The third kappa shape index (κ3) is 6.50. The second-order valence-electron chi connectivity index (χ2n) is 7.72. The van der Waals surface area contributed by atoms with E-state index < -0.39 is 11.9 Å². The molecular formula is C18H32N2O6. The zero-order valence-corrected chi connectivity index (χ0v) is 15.4. The van der Waals surface area contributed by atoms with E-state index in [-0.39, 0.29) is 0 Å². The normalized spacial score (nSPS) is 25.7. The second kappa shape index (κ2) is 10.2. The average molecular weight is 372 g/mol. The van der Waals surface area contributed by atoms with Crippen molar-refractivity contribution in [2.24, 2.45) is 10.8 Å². The predicted molar refractivity (Wildman–Crippen MR) is 95.2 cm³/mol. The average Bonchev–Trinajstić information content (AvgIpc) is 3.28. The van der Waals surface area contributed by atoms with Crippen LogP contribution in [0.5, 0.6) is 0 Å². The first kappa shape index (κ1) is 21.1. The van der Waals surface area contributed by atoms with Crippen molar-refractivity contribution in [1.82, 2.24) is 10.6 Å². The molecule has 4 fully saturated rings. The van der Waals surface area contributed by atoms with Gasteiger partial charge in [0.05, 0.1) is 13.2 Å². The Morgan fingerprint density at radius 1 is 0.654 bits per heavy atom. The summed E-state index contributed by atoms with van der Waals surface area (Å²) in [6.45, 7) is 8.84. The molecule has 0 bridgehead atoms. The smallest absolute Gasteiger partial charge is 0.414 e. The zero-order chi connectivity index (χ0) is 18.9. The molecule has 0 aromatic carbocycles. The minimum Gasteiger partial charge on any atom is -0.473 e. The van der Waals surface area contributed by atoms with E-state index in [2.05, 4.69) is 10.6 Å². The molecule has 0 aliphatic carbocycles. The molecular weight excluding hydrogens is 340 g/mol. The number of hydrogen-bond acceptors (Lipinski definition) is 6. The molecule has 4 rings (SSSR count). The highest BCUT2D eigenvalue weighted by Gasteiger charge is 2.36. The zero-order valence-electron chi connectivity index (χ0n) is 15.4. The van der Waals surface area contributed by atoms with Crippen molar-refractivity contribution >= 4 is 11.9 Å². The third-order valence-electron chi connectivity index (χ3n) is 5.88. The highest BCUT2D eigenvalue weighted by molar-refractivity contribution is 6.27. The maximum atomic E-state index is 9.10. The van der Waals surface area contributed by atoms with Crippen LogP contribution in [0.1, 0.15) is 38.5 Å². The van der Waals surface area contributed by atoms with Gasteiger partial charge in [-0.25, -0.2) is 9.59 Å². The van der Waals surface area contributed by atoms with Crippen LogP contribution in [0, 0.1) is 10.8 Å². The summed E-state index contributed by atoms with van der Waals surface area (Å²) in [7, 11) is 0. The Morgan fingerprint density at radius 2 is 1.00 bits per heavy atom. The maximum Gasteiger partial charge on any atom is 0.414 e. The van der Waals surface area contributed by atoms with Crippen LogP contribution in [0.4, 0.5) is 0 Å². The van der Waals surface area contributed by atoms with E-state index in [0.717, 1.165) is 26.4 Å². The van der Waals surface area contributed by atoms with Gasteiger partial charge >= 0.3 is 11.9 Å². The van der Waals surface area contributed by atoms with E-state index in [1.807, 2.05) is 0 Å². The molecule has 0 aromatic heterocycles. The number of rotatable bonds is 0. The quantitative estimate of drug-likeness (QED) is 0.459. The van der Waals surface area contributed by atoms with Crippen LogP contribution in [-0.2, 0) is 19.1 Å². The van der Waals surface area contributed by atoms with Crippen molar-refractivity contribution in [3.8, 4) is 0 Å². The number of aliphatic carboxylic acids is 2. The lowest BCUT2D eigenvalue weighted by molar-refractivity contribution is -0.159. The summed E-state index contributed by atoms with van der Waals surface area (Å²) in [5, 5.41) is 21.5. The molecule has 2 spiro atoms. The summed E-state index contributed by atoms with van der Waals surface area (Å²) in [5.74, 6) is -3.65. The van der Waals surface area contributed by atoms with Gasteiger partial charge < -0.3 is 30.3 Å². The Morgan fingerprint density at radius 3 is 1.23 bits per heavy atom. The molecule has 8 heteroatoms. The molecule has 4 heterocycles. The van der Waals surface area contributed by atoms with Gasteiger partial charge in [0.1, 0.15) is 0 Å². The predicted octanol–water partition coefficient (Wildman–Crippen LogP) is 0.709. The van der Waals surface area contributed by atoms with Gasteiger partial charge in [-0.1, -0.05) is 0 Å². The molecule has 4 N–H and O–H groups in total. The van der Waals surface area contributed by atoms with Gasteiger partial charge in [-0.2, -0.15) is 0 Å². The SMILES string of the molecule is C1CC2(CCN1)CCOC2.C1CC2(CCN1)CCOC2.O=C(O)C(=O)O. The number of carbonyl (C=O) groups is 2. The van der Waals surface area contributed by atoms with Crippen molar-refractivity contribution in [2.45, 2.75) is 38.5 Å². The van der Waals surface area contributed by atoms with Crippen LogP contribution in [0.3, 0.4) is 0 Å². The minimum absolute atomic E-state index is 0.589. The monoisotopic (exact) mass is 372 g/mol. The summed E-state index contributed by atoms with van der Waals surface area (Å²) in [4.78, 5) is 18.2. The van der Waals surface area contributed by atoms with Gasteiger partial charge in [-0.05, 0) is 75.5 Å². The Labute approximate surface area is 154 Å². The number of carboxylic acids is 2. The highest BCUT2D eigenvalue weighted by Crippen LogP contribution is 2.37. The van der Waals surface area contributed by atoms with Crippen LogP contribution >= 0.6 is 0 Å². The van der Waals surface area contributed by atoms with E-state index in [1.54, 1.807) is 0 Å². The lowest BCUT2D eigenvalue weighted by Crippen LogP contribution is -2.36. The third-order valence-corrected chi connectivity index (χ3v) is 5.88. The molecule has 4 aliphatic rings. The Hall–Kier alpha value is -1.22. The van der Waals surface area contributed by atoms with Gasteiger partial charge in [0.15, 0.2) is 0 Å². The molecule has 4 aliphatic heterocycles. The van der Waals surface area contributed by atoms with E-state index in [1.165, 1.54) is 64.7 Å². The fourth-order valence-corrected chi connectivity index (χ4v) is 4.00. The second-order valence-corrected chi connectivity index (χ2v) is 7.72. The molecule has 0 saturated carbocycles. The summed E-state index contributed by atoms with van der Waals surface area (Å²) in [5.41, 5.74) is 1.18. The van der Waals surface area contributed by atoms with Crippen LogP contribution < -0.4 is 10.6 Å². The lowest BCUT2D eigenvalue weighted by Gasteiger charge is -2.31. The number of piperidine rings is 2. The van der Waals surface area contributed by atoms with Gasteiger partial charge in [0.2, 0.25) is 0 Å². The molecule has 4 saturated heterocycles. The fraction of sp³-hybridized carbons (Fsp3) is 0.889. The Bertz CT molecular complexity index is 401. The van der Waals surface area contributed by atoms with Crippen molar-refractivity contribution in [3.63, 3.8) is 0 Å². The number of hydrogen-bond donors (Lipinski definition) is 4. The molecule has 0 radical (unpaired) electrons. The molecule has 0 atom stereocenters. The Kier molecular flexibility index (Phi) is 8.27. The Balaban J connectivity index is 0.000000146. The van der Waals surface area contributed by atoms with Crippen molar-refractivity contribution in [3.05, 3.63) is 0 Å².